The van der Waals surface area contributed by atoms with E-state index in [9.17, 15) is 9.90 Å². The first kappa shape index (κ1) is 14.9. The first-order chi connectivity index (χ1) is 10.1. The van der Waals surface area contributed by atoms with Gasteiger partial charge in [-0.05, 0) is 32.6 Å². The molecule has 5 nitrogen and oxygen atoms in total. The summed E-state index contributed by atoms with van der Waals surface area (Å²) >= 11 is 1.45. The van der Waals surface area contributed by atoms with Crippen LogP contribution >= 0.6 is 11.3 Å². The van der Waals surface area contributed by atoms with Crippen molar-refractivity contribution in [2.45, 2.75) is 44.8 Å². The minimum Gasteiger partial charge on any atom is -0.393 e. The fourth-order valence-corrected chi connectivity index (χ4v) is 4.02. The average Bonchev–Trinajstić information content (AvgIpc) is 3.17. The molecule has 3 heterocycles. The van der Waals surface area contributed by atoms with Crippen LogP contribution in [-0.4, -0.2) is 46.7 Å². The van der Waals surface area contributed by atoms with Gasteiger partial charge in [0.25, 0.3) is 5.91 Å². The van der Waals surface area contributed by atoms with Crippen molar-refractivity contribution < 1.29 is 14.6 Å². The lowest BCUT2D eigenvalue weighted by molar-refractivity contribution is 0.0469. The fourth-order valence-electron chi connectivity index (χ4n) is 3.05. The molecular formula is C15H22N2O3S. The molecule has 2 saturated heterocycles. The molecule has 1 aromatic rings. The number of hydrogen-bond acceptors (Lipinski definition) is 5. The highest BCUT2D eigenvalue weighted by atomic mass is 32.1. The van der Waals surface area contributed by atoms with Crippen LogP contribution in [0.4, 0.5) is 0 Å². The first-order valence-electron chi connectivity index (χ1n) is 7.70. The molecule has 0 bridgehead atoms. The maximum absolute atomic E-state index is 12.6. The summed E-state index contributed by atoms with van der Waals surface area (Å²) in [5, 5.41) is 10.6. The Bertz CT molecular complexity index is 497. The SMILES string of the molecule is CC(O)C1CCCN(C(=O)c2cnc(C3CCCO3)s2)C1. The number of rotatable bonds is 3. The molecule has 3 unspecified atom stereocenters. The maximum atomic E-state index is 12.6. The number of carbonyl (C=O) groups excluding carboxylic acids is 1. The van der Waals surface area contributed by atoms with Crippen molar-refractivity contribution in [3.8, 4) is 0 Å². The van der Waals surface area contributed by atoms with Gasteiger partial charge < -0.3 is 14.7 Å². The van der Waals surface area contributed by atoms with Gasteiger partial charge in [-0.3, -0.25) is 4.79 Å². The third kappa shape index (κ3) is 3.27. The lowest BCUT2D eigenvalue weighted by Gasteiger charge is -2.33. The predicted octanol–water partition coefficient (Wildman–Crippen LogP) is 2.23. The van der Waals surface area contributed by atoms with E-state index in [1.54, 1.807) is 13.1 Å². The van der Waals surface area contributed by atoms with Gasteiger partial charge in [-0.15, -0.1) is 11.3 Å². The summed E-state index contributed by atoms with van der Waals surface area (Å²) in [5.74, 6) is 0.232. The lowest BCUT2D eigenvalue weighted by Crippen LogP contribution is -2.42. The number of piperidine rings is 1. The van der Waals surface area contributed by atoms with E-state index >= 15 is 0 Å². The number of nitrogens with zero attached hydrogens (tertiary/aromatic N) is 2. The highest BCUT2D eigenvalue weighted by molar-refractivity contribution is 7.13. The van der Waals surface area contributed by atoms with Gasteiger partial charge in [0.2, 0.25) is 0 Å². The van der Waals surface area contributed by atoms with Crippen LogP contribution in [0.2, 0.25) is 0 Å². The van der Waals surface area contributed by atoms with Crippen molar-refractivity contribution >= 4 is 17.2 Å². The zero-order chi connectivity index (χ0) is 14.8. The maximum Gasteiger partial charge on any atom is 0.265 e. The summed E-state index contributed by atoms with van der Waals surface area (Å²) in [5.41, 5.74) is 0. The molecule has 21 heavy (non-hydrogen) atoms. The number of carbonyl (C=O) groups is 1. The van der Waals surface area contributed by atoms with Crippen LogP contribution in [0.3, 0.4) is 0 Å². The molecule has 2 aliphatic rings. The second-order valence-electron chi connectivity index (χ2n) is 5.96. The molecule has 1 amide bonds. The van der Waals surface area contributed by atoms with E-state index in [1.165, 1.54) is 11.3 Å². The molecule has 3 atom stereocenters. The minimum absolute atomic E-state index is 0.0436. The Morgan fingerprint density at radius 3 is 3.10 bits per heavy atom. The van der Waals surface area contributed by atoms with Crippen LogP contribution in [0.5, 0.6) is 0 Å². The van der Waals surface area contributed by atoms with E-state index in [-0.39, 0.29) is 24.0 Å². The number of aromatic nitrogens is 1. The Morgan fingerprint density at radius 2 is 2.38 bits per heavy atom. The molecule has 116 valence electrons. The van der Waals surface area contributed by atoms with E-state index in [2.05, 4.69) is 4.98 Å². The molecule has 6 heteroatoms. The number of amides is 1. The van der Waals surface area contributed by atoms with E-state index < -0.39 is 0 Å². The Labute approximate surface area is 128 Å². The molecule has 2 fully saturated rings. The van der Waals surface area contributed by atoms with Crippen molar-refractivity contribution in [1.29, 1.82) is 0 Å². The van der Waals surface area contributed by atoms with E-state index in [4.69, 9.17) is 4.74 Å². The Hall–Kier alpha value is -0.980. The lowest BCUT2D eigenvalue weighted by atomic mass is 9.93. The van der Waals surface area contributed by atoms with Crippen molar-refractivity contribution in [3.05, 3.63) is 16.1 Å². The van der Waals surface area contributed by atoms with Crippen molar-refractivity contribution in [1.82, 2.24) is 9.88 Å². The first-order valence-corrected chi connectivity index (χ1v) is 8.51. The van der Waals surface area contributed by atoms with Crippen molar-refractivity contribution in [3.63, 3.8) is 0 Å². The number of likely N-dealkylation sites (tertiary alicyclic amines) is 1. The van der Waals surface area contributed by atoms with Crippen LogP contribution in [0.1, 0.15) is 53.4 Å². The van der Waals surface area contributed by atoms with Gasteiger partial charge in [-0.1, -0.05) is 0 Å². The van der Waals surface area contributed by atoms with Crippen LogP contribution < -0.4 is 0 Å². The van der Waals surface area contributed by atoms with Gasteiger partial charge in [-0.2, -0.15) is 0 Å². The van der Waals surface area contributed by atoms with E-state index in [1.807, 2.05) is 4.90 Å². The monoisotopic (exact) mass is 310 g/mol. The highest BCUT2D eigenvalue weighted by Gasteiger charge is 2.29. The third-order valence-corrected chi connectivity index (χ3v) is 5.44. The van der Waals surface area contributed by atoms with Gasteiger partial charge in [0.1, 0.15) is 16.0 Å². The molecule has 0 spiro atoms. The van der Waals surface area contributed by atoms with Gasteiger partial charge in [-0.25, -0.2) is 4.98 Å². The summed E-state index contributed by atoms with van der Waals surface area (Å²) in [6.45, 7) is 4.01. The van der Waals surface area contributed by atoms with Crippen molar-refractivity contribution in [2.75, 3.05) is 19.7 Å². The zero-order valence-electron chi connectivity index (χ0n) is 12.3. The Morgan fingerprint density at radius 1 is 1.52 bits per heavy atom. The highest BCUT2D eigenvalue weighted by Crippen LogP contribution is 2.32. The molecule has 3 rings (SSSR count). The fraction of sp³-hybridized carbons (Fsp3) is 0.733. The minimum atomic E-state index is -0.357. The smallest absolute Gasteiger partial charge is 0.265 e. The predicted molar refractivity (Wildman–Crippen MR) is 80.3 cm³/mol. The van der Waals surface area contributed by atoms with Gasteiger partial charge in [0.15, 0.2) is 0 Å². The largest absolute Gasteiger partial charge is 0.393 e. The summed E-state index contributed by atoms with van der Waals surface area (Å²) in [6.07, 6.45) is 5.40. The van der Waals surface area contributed by atoms with Crippen LogP contribution in [-0.2, 0) is 4.74 Å². The van der Waals surface area contributed by atoms with E-state index in [0.29, 0.717) is 11.4 Å². The molecular weight excluding hydrogens is 288 g/mol. The molecule has 1 aromatic heterocycles. The summed E-state index contributed by atoms with van der Waals surface area (Å²) < 4.78 is 5.62. The summed E-state index contributed by atoms with van der Waals surface area (Å²) in [6, 6.07) is 0. The third-order valence-electron chi connectivity index (χ3n) is 4.37. The number of thiazole rings is 1. The van der Waals surface area contributed by atoms with Gasteiger partial charge in [0.05, 0.1) is 12.3 Å². The van der Waals surface area contributed by atoms with Crippen LogP contribution in [0, 0.1) is 5.92 Å². The standard InChI is InChI=1S/C15H22N2O3S/c1-10(18)11-4-2-6-17(9-11)15(19)13-8-16-14(21-13)12-5-3-7-20-12/h8,10-12,18H,2-7,9H2,1H3. The number of aliphatic hydroxyl groups is 1. The second kappa shape index (κ2) is 6.42. The molecule has 0 aromatic carbocycles. The van der Waals surface area contributed by atoms with Gasteiger partial charge >= 0.3 is 0 Å². The average molecular weight is 310 g/mol. The number of ether oxygens (including phenoxy) is 1. The molecule has 0 radical (unpaired) electrons. The van der Waals surface area contributed by atoms with Gasteiger partial charge in [0, 0.05) is 25.6 Å². The second-order valence-corrected chi connectivity index (χ2v) is 7.02. The van der Waals surface area contributed by atoms with E-state index in [0.717, 1.165) is 43.8 Å². The molecule has 0 saturated carbocycles. The number of aliphatic hydroxyl groups excluding tert-OH is 1. The topological polar surface area (TPSA) is 62.7 Å². The molecule has 2 aliphatic heterocycles. The summed E-state index contributed by atoms with van der Waals surface area (Å²) in [7, 11) is 0. The quantitative estimate of drug-likeness (QED) is 0.930. The Balaban J connectivity index is 1.67. The van der Waals surface area contributed by atoms with Crippen molar-refractivity contribution in [2.24, 2.45) is 5.92 Å². The number of hydrogen-bond donors (Lipinski definition) is 1. The van der Waals surface area contributed by atoms with Crippen LogP contribution in [0.15, 0.2) is 6.20 Å². The molecule has 1 N–H and O–H groups in total. The normalized spacial score (nSPS) is 27.8. The summed E-state index contributed by atoms with van der Waals surface area (Å²) in [4.78, 5) is 19.5. The van der Waals surface area contributed by atoms with Crippen LogP contribution in [0.25, 0.3) is 0 Å². The molecule has 0 aliphatic carbocycles. The zero-order valence-corrected chi connectivity index (χ0v) is 13.1. The Kier molecular flexibility index (Phi) is 4.57.